The minimum Gasteiger partial charge on any atom is -0.378 e. The molecule has 0 fully saturated rings. The van der Waals surface area contributed by atoms with E-state index in [1.54, 1.807) is 24.5 Å². The van der Waals surface area contributed by atoms with Crippen molar-refractivity contribution >= 4 is 17.3 Å². The number of benzene rings is 1. The molecule has 3 nitrogen and oxygen atoms in total. The van der Waals surface area contributed by atoms with E-state index in [-0.39, 0.29) is 5.02 Å². The first-order chi connectivity index (χ1) is 7.25. The number of nitrogens with one attached hydrogen (secondary N) is 2. The molecule has 5 heteroatoms. The molecule has 2 rings (SSSR count). The molecule has 0 saturated carbocycles. The molecule has 15 heavy (non-hydrogen) atoms. The highest BCUT2D eigenvalue weighted by molar-refractivity contribution is 6.30. The van der Waals surface area contributed by atoms with Gasteiger partial charge in [0, 0.05) is 12.7 Å². The van der Waals surface area contributed by atoms with E-state index < -0.39 is 5.82 Å². The summed E-state index contributed by atoms with van der Waals surface area (Å²) in [6, 6.07) is 4.73. The molecule has 0 aliphatic carbocycles. The van der Waals surface area contributed by atoms with Gasteiger partial charge in [-0.1, -0.05) is 17.7 Å². The van der Waals surface area contributed by atoms with Gasteiger partial charge in [-0.15, -0.1) is 0 Å². The normalized spacial score (nSPS) is 10.3. The number of aromatic nitrogens is 2. The minimum absolute atomic E-state index is 0.141. The van der Waals surface area contributed by atoms with Crippen LogP contribution in [-0.4, -0.2) is 10.2 Å². The maximum atomic E-state index is 13.1. The Hall–Kier alpha value is -1.55. The van der Waals surface area contributed by atoms with Crippen LogP contribution in [0.25, 0.3) is 0 Å². The second-order valence-corrected chi connectivity index (χ2v) is 3.50. The zero-order valence-corrected chi connectivity index (χ0v) is 8.55. The smallest absolute Gasteiger partial charge is 0.142 e. The fourth-order valence-electron chi connectivity index (χ4n) is 1.20. The zero-order valence-electron chi connectivity index (χ0n) is 7.80. The van der Waals surface area contributed by atoms with Gasteiger partial charge in [0.2, 0.25) is 0 Å². The Morgan fingerprint density at radius 3 is 3.00 bits per heavy atom. The van der Waals surface area contributed by atoms with Crippen molar-refractivity contribution in [1.29, 1.82) is 0 Å². The zero-order chi connectivity index (χ0) is 10.7. The van der Waals surface area contributed by atoms with Gasteiger partial charge in [-0.3, -0.25) is 5.10 Å². The molecule has 0 aliphatic rings. The van der Waals surface area contributed by atoms with Gasteiger partial charge in [-0.05, 0) is 17.7 Å². The molecule has 0 atom stereocenters. The second-order valence-electron chi connectivity index (χ2n) is 3.09. The van der Waals surface area contributed by atoms with Crippen LogP contribution in [0, 0.1) is 5.82 Å². The number of H-pyrrole nitrogens is 1. The van der Waals surface area contributed by atoms with E-state index >= 15 is 0 Å². The number of anilines is 1. The molecule has 1 heterocycles. The number of hydrogen-bond acceptors (Lipinski definition) is 2. The lowest BCUT2D eigenvalue weighted by molar-refractivity contribution is 0.626. The van der Waals surface area contributed by atoms with Crippen LogP contribution in [-0.2, 0) is 6.54 Å². The van der Waals surface area contributed by atoms with E-state index in [2.05, 4.69) is 15.5 Å². The molecule has 2 aromatic rings. The van der Waals surface area contributed by atoms with Crippen LogP contribution in [0.5, 0.6) is 0 Å². The van der Waals surface area contributed by atoms with Crippen molar-refractivity contribution in [1.82, 2.24) is 10.2 Å². The quantitative estimate of drug-likeness (QED) is 0.843. The Morgan fingerprint density at radius 1 is 1.47 bits per heavy atom. The molecule has 78 valence electrons. The predicted octanol–water partition coefficient (Wildman–Crippen LogP) is 2.81. The first kappa shape index (κ1) is 9.98. The monoisotopic (exact) mass is 225 g/mol. The topological polar surface area (TPSA) is 40.7 Å². The molecule has 0 saturated heterocycles. The summed E-state index contributed by atoms with van der Waals surface area (Å²) in [5, 5.41) is 9.69. The Balaban J connectivity index is 2.02. The highest BCUT2D eigenvalue weighted by Gasteiger charge is 2.00. The summed E-state index contributed by atoms with van der Waals surface area (Å²) in [5.74, 6) is -0.400. The van der Waals surface area contributed by atoms with E-state index in [9.17, 15) is 4.39 Å². The Kier molecular flexibility index (Phi) is 2.87. The number of nitrogens with zero attached hydrogens (tertiary/aromatic N) is 1. The largest absolute Gasteiger partial charge is 0.378 e. The molecule has 2 N–H and O–H groups in total. The van der Waals surface area contributed by atoms with Crippen molar-refractivity contribution in [3.63, 3.8) is 0 Å². The molecule has 0 bridgehead atoms. The minimum atomic E-state index is -0.400. The predicted molar refractivity (Wildman–Crippen MR) is 57.3 cm³/mol. The van der Waals surface area contributed by atoms with Crippen LogP contribution in [0.15, 0.2) is 30.6 Å². The summed E-state index contributed by atoms with van der Waals surface area (Å²) < 4.78 is 13.1. The van der Waals surface area contributed by atoms with E-state index in [0.717, 1.165) is 11.3 Å². The standard InChI is InChI=1S/C10H9ClFN3/c11-9-2-1-7(3-10(9)12)4-13-8-5-14-15-6-8/h1-3,5-6,13H,4H2,(H,14,15). The van der Waals surface area contributed by atoms with Crippen molar-refractivity contribution in [2.45, 2.75) is 6.54 Å². The summed E-state index contributed by atoms with van der Waals surface area (Å²) in [7, 11) is 0. The van der Waals surface area contributed by atoms with Gasteiger partial charge < -0.3 is 5.32 Å². The summed E-state index contributed by atoms with van der Waals surface area (Å²) in [6.45, 7) is 0.535. The van der Waals surface area contributed by atoms with Gasteiger partial charge in [0.1, 0.15) is 5.82 Å². The van der Waals surface area contributed by atoms with E-state index in [0.29, 0.717) is 6.54 Å². The van der Waals surface area contributed by atoms with Gasteiger partial charge in [0.25, 0.3) is 0 Å². The van der Waals surface area contributed by atoms with Crippen molar-refractivity contribution in [3.05, 3.63) is 47.0 Å². The van der Waals surface area contributed by atoms with Crippen molar-refractivity contribution in [2.75, 3.05) is 5.32 Å². The van der Waals surface area contributed by atoms with Gasteiger partial charge in [0.05, 0.1) is 16.9 Å². The third-order valence-corrected chi connectivity index (χ3v) is 2.29. The summed E-state index contributed by atoms with van der Waals surface area (Å²) in [6.07, 6.45) is 3.39. The number of aromatic amines is 1. The molecular weight excluding hydrogens is 217 g/mol. The molecule has 1 aromatic heterocycles. The first-order valence-electron chi connectivity index (χ1n) is 4.42. The summed E-state index contributed by atoms with van der Waals surface area (Å²) >= 11 is 5.57. The Bertz CT molecular complexity index is 442. The number of hydrogen-bond donors (Lipinski definition) is 2. The SMILES string of the molecule is Fc1cc(CNc2cn[nH]c2)ccc1Cl. The molecule has 0 spiro atoms. The van der Waals surface area contributed by atoms with Gasteiger partial charge in [0.15, 0.2) is 0 Å². The highest BCUT2D eigenvalue weighted by Crippen LogP contribution is 2.16. The van der Waals surface area contributed by atoms with Crippen LogP contribution in [0.2, 0.25) is 5.02 Å². The van der Waals surface area contributed by atoms with Crippen LogP contribution in [0.1, 0.15) is 5.56 Å². The maximum Gasteiger partial charge on any atom is 0.142 e. The fraction of sp³-hybridized carbons (Fsp3) is 0.100. The summed E-state index contributed by atoms with van der Waals surface area (Å²) in [5.41, 5.74) is 1.70. The van der Waals surface area contributed by atoms with Crippen molar-refractivity contribution in [3.8, 4) is 0 Å². The molecule has 0 amide bonds. The van der Waals surface area contributed by atoms with Gasteiger partial charge >= 0.3 is 0 Å². The molecular formula is C10H9ClFN3. The van der Waals surface area contributed by atoms with E-state index in [4.69, 9.17) is 11.6 Å². The average molecular weight is 226 g/mol. The van der Waals surface area contributed by atoms with Gasteiger partial charge in [-0.25, -0.2) is 4.39 Å². The van der Waals surface area contributed by atoms with Gasteiger partial charge in [-0.2, -0.15) is 5.10 Å². The highest BCUT2D eigenvalue weighted by atomic mass is 35.5. The molecule has 1 aromatic carbocycles. The number of halogens is 2. The third-order valence-electron chi connectivity index (χ3n) is 1.98. The Labute approximate surface area is 91.3 Å². The fourth-order valence-corrected chi connectivity index (χ4v) is 1.32. The lowest BCUT2D eigenvalue weighted by atomic mass is 10.2. The Morgan fingerprint density at radius 2 is 2.33 bits per heavy atom. The summed E-state index contributed by atoms with van der Waals surface area (Å²) in [4.78, 5) is 0. The van der Waals surface area contributed by atoms with E-state index in [1.165, 1.54) is 6.07 Å². The second kappa shape index (κ2) is 4.31. The molecule has 0 aliphatic heterocycles. The first-order valence-corrected chi connectivity index (χ1v) is 4.80. The average Bonchev–Trinajstić information content (AvgIpc) is 2.73. The molecule has 0 radical (unpaired) electrons. The van der Waals surface area contributed by atoms with E-state index in [1.807, 2.05) is 0 Å². The van der Waals surface area contributed by atoms with Crippen LogP contribution in [0.4, 0.5) is 10.1 Å². The van der Waals surface area contributed by atoms with Crippen LogP contribution < -0.4 is 5.32 Å². The maximum absolute atomic E-state index is 13.1. The third kappa shape index (κ3) is 2.47. The van der Waals surface area contributed by atoms with Crippen molar-refractivity contribution in [2.24, 2.45) is 0 Å². The van der Waals surface area contributed by atoms with Crippen LogP contribution >= 0.6 is 11.6 Å². The lowest BCUT2D eigenvalue weighted by Crippen LogP contribution is -1.98. The van der Waals surface area contributed by atoms with Crippen LogP contribution in [0.3, 0.4) is 0 Å². The number of rotatable bonds is 3. The lowest BCUT2D eigenvalue weighted by Gasteiger charge is -2.04. The van der Waals surface area contributed by atoms with Crippen molar-refractivity contribution < 1.29 is 4.39 Å². The molecule has 0 unspecified atom stereocenters.